The summed E-state index contributed by atoms with van der Waals surface area (Å²) in [6.07, 6.45) is 7.18. The SMILES string of the molecule is O=C1NC(=O)N([C@@H]2C[C@H]3CC[C@H]2C3)C(=O)[C@H]1C=NCc1ccccn1. The molecule has 2 aliphatic carbocycles. The maximum atomic E-state index is 12.8. The Hall–Kier alpha value is -2.57. The lowest BCUT2D eigenvalue weighted by Crippen LogP contribution is -2.62. The number of hydrogen-bond donors (Lipinski definition) is 1. The van der Waals surface area contributed by atoms with E-state index in [0.717, 1.165) is 25.0 Å². The average molecular weight is 340 g/mol. The third kappa shape index (κ3) is 2.94. The predicted molar refractivity (Wildman–Crippen MR) is 89.5 cm³/mol. The first-order valence-electron chi connectivity index (χ1n) is 8.71. The normalized spacial score (nSPS) is 31.8. The molecule has 0 unspecified atom stereocenters. The molecule has 2 saturated carbocycles. The highest BCUT2D eigenvalue weighted by Crippen LogP contribution is 2.47. The van der Waals surface area contributed by atoms with Crippen molar-refractivity contribution in [1.29, 1.82) is 0 Å². The summed E-state index contributed by atoms with van der Waals surface area (Å²) in [6, 6.07) is 4.83. The smallest absolute Gasteiger partial charge is 0.290 e. The molecule has 7 nitrogen and oxygen atoms in total. The number of nitrogens with one attached hydrogen (secondary N) is 1. The molecular weight excluding hydrogens is 320 g/mol. The Labute approximate surface area is 145 Å². The monoisotopic (exact) mass is 340 g/mol. The number of rotatable bonds is 4. The number of nitrogens with zero attached hydrogens (tertiary/aromatic N) is 3. The first-order chi connectivity index (χ1) is 12.1. The van der Waals surface area contributed by atoms with Gasteiger partial charge in [0, 0.05) is 18.5 Å². The Morgan fingerprint density at radius 2 is 2.12 bits per heavy atom. The molecule has 0 aromatic carbocycles. The zero-order chi connectivity index (χ0) is 17.4. The number of amides is 4. The molecule has 4 rings (SSSR count). The zero-order valence-corrected chi connectivity index (χ0v) is 13.8. The van der Waals surface area contributed by atoms with Gasteiger partial charge in [0.1, 0.15) is 0 Å². The van der Waals surface area contributed by atoms with Gasteiger partial charge in [-0.2, -0.15) is 0 Å². The molecule has 3 aliphatic rings. The van der Waals surface area contributed by atoms with Gasteiger partial charge in [0.2, 0.25) is 11.8 Å². The molecule has 1 saturated heterocycles. The minimum absolute atomic E-state index is 0.0777. The van der Waals surface area contributed by atoms with E-state index in [2.05, 4.69) is 15.3 Å². The second-order valence-corrected chi connectivity index (χ2v) is 7.03. The van der Waals surface area contributed by atoms with Crippen molar-refractivity contribution in [1.82, 2.24) is 15.2 Å². The number of barbiturate groups is 1. The molecule has 0 spiro atoms. The van der Waals surface area contributed by atoms with E-state index >= 15 is 0 Å². The molecule has 2 heterocycles. The number of urea groups is 1. The second-order valence-electron chi connectivity index (χ2n) is 7.03. The summed E-state index contributed by atoms with van der Waals surface area (Å²) in [5.41, 5.74) is 0.753. The third-order valence-corrected chi connectivity index (χ3v) is 5.50. The number of hydrogen-bond acceptors (Lipinski definition) is 5. The lowest BCUT2D eigenvalue weighted by molar-refractivity contribution is -0.141. The van der Waals surface area contributed by atoms with Crippen LogP contribution in [0.5, 0.6) is 0 Å². The predicted octanol–water partition coefficient (Wildman–Crippen LogP) is 1.54. The second kappa shape index (κ2) is 6.38. The van der Waals surface area contributed by atoms with Gasteiger partial charge in [0.25, 0.3) is 0 Å². The van der Waals surface area contributed by atoms with Crippen LogP contribution >= 0.6 is 0 Å². The Morgan fingerprint density at radius 3 is 2.80 bits per heavy atom. The number of pyridine rings is 1. The van der Waals surface area contributed by atoms with Crippen LogP contribution < -0.4 is 5.32 Å². The van der Waals surface area contributed by atoms with E-state index in [4.69, 9.17) is 0 Å². The maximum Gasteiger partial charge on any atom is 0.331 e. The topological polar surface area (TPSA) is 91.7 Å². The number of aromatic nitrogens is 1. The van der Waals surface area contributed by atoms with Crippen molar-refractivity contribution in [3.8, 4) is 0 Å². The Kier molecular flexibility index (Phi) is 4.07. The Balaban J connectivity index is 1.48. The molecule has 1 N–H and O–H groups in total. The molecule has 0 radical (unpaired) electrons. The Morgan fingerprint density at radius 1 is 1.24 bits per heavy atom. The van der Waals surface area contributed by atoms with Crippen molar-refractivity contribution < 1.29 is 14.4 Å². The zero-order valence-electron chi connectivity index (χ0n) is 13.8. The summed E-state index contributed by atoms with van der Waals surface area (Å²) >= 11 is 0. The van der Waals surface area contributed by atoms with Crippen molar-refractivity contribution in [2.24, 2.45) is 22.7 Å². The van der Waals surface area contributed by atoms with Crippen LogP contribution in [-0.2, 0) is 16.1 Å². The molecule has 4 amide bonds. The highest BCUT2D eigenvalue weighted by Gasteiger charge is 2.50. The van der Waals surface area contributed by atoms with Gasteiger partial charge >= 0.3 is 6.03 Å². The highest BCUT2D eigenvalue weighted by molar-refractivity contribution is 6.23. The van der Waals surface area contributed by atoms with E-state index in [1.165, 1.54) is 17.5 Å². The molecule has 7 heteroatoms. The third-order valence-electron chi connectivity index (χ3n) is 5.50. The van der Waals surface area contributed by atoms with E-state index in [0.29, 0.717) is 18.4 Å². The number of carbonyl (C=O) groups excluding carboxylic acids is 3. The van der Waals surface area contributed by atoms with E-state index < -0.39 is 23.8 Å². The van der Waals surface area contributed by atoms with Crippen LogP contribution in [0.15, 0.2) is 29.4 Å². The summed E-state index contributed by atoms with van der Waals surface area (Å²) in [5.74, 6) is -1.11. The van der Waals surface area contributed by atoms with Crippen molar-refractivity contribution in [2.45, 2.75) is 38.3 Å². The van der Waals surface area contributed by atoms with Gasteiger partial charge < -0.3 is 0 Å². The first kappa shape index (κ1) is 15.9. The first-order valence-corrected chi connectivity index (χ1v) is 8.71. The van der Waals surface area contributed by atoms with Crippen LogP contribution in [0.3, 0.4) is 0 Å². The number of carbonyl (C=O) groups is 3. The van der Waals surface area contributed by atoms with Gasteiger partial charge in [-0.3, -0.25) is 29.8 Å². The van der Waals surface area contributed by atoms with Gasteiger partial charge in [-0.25, -0.2) is 4.79 Å². The molecule has 2 bridgehead atoms. The van der Waals surface area contributed by atoms with Gasteiger partial charge in [-0.15, -0.1) is 0 Å². The van der Waals surface area contributed by atoms with Gasteiger partial charge in [0.05, 0.1) is 12.2 Å². The molecule has 4 atom stereocenters. The van der Waals surface area contributed by atoms with Crippen LogP contribution in [0.25, 0.3) is 0 Å². The molecule has 3 fully saturated rings. The number of aliphatic imine (C=N–C) groups is 1. The quantitative estimate of drug-likeness (QED) is 0.665. The van der Waals surface area contributed by atoms with Crippen LogP contribution in [0.4, 0.5) is 4.79 Å². The average Bonchev–Trinajstić information content (AvgIpc) is 3.22. The van der Waals surface area contributed by atoms with Crippen LogP contribution in [0.2, 0.25) is 0 Å². The molecular formula is C18H20N4O3. The van der Waals surface area contributed by atoms with Crippen LogP contribution in [0, 0.1) is 17.8 Å². The van der Waals surface area contributed by atoms with Crippen LogP contribution in [0.1, 0.15) is 31.4 Å². The van der Waals surface area contributed by atoms with Crippen molar-refractivity contribution >= 4 is 24.1 Å². The molecule has 25 heavy (non-hydrogen) atoms. The number of imide groups is 2. The summed E-state index contributed by atoms with van der Waals surface area (Å²) < 4.78 is 0. The molecule has 130 valence electrons. The molecule has 1 aromatic heterocycles. The summed E-state index contributed by atoms with van der Waals surface area (Å²) in [6.45, 7) is 0.292. The van der Waals surface area contributed by atoms with Gasteiger partial charge in [-0.05, 0) is 43.2 Å². The minimum atomic E-state index is -1.04. The maximum absolute atomic E-state index is 12.8. The fourth-order valence-electron chi connectivity index (χ4n) is 4.32. The standard InChI is InChI=1S/C18H20N4O3/c23-16-14(10-19-9-13-3-1-2-6-20-13)17(24)22(18(25)21-16)15-8-11-4-5-12(15)7-11/h1-3,6,10-12,14-15H,4-5,7-9H2,(H,21,23,25)/t11-,12-,14-,15+/m0/s1. The Bertz CT molecular complexity index is 733. The molecule has 1 aromatic rings. The lowest BCUT2D eigenvalue weighted by Gasteiger charge is -2.36. The van der Waals surface area contributed by atoms with Crippen molar-refractivity contribution in [2.75, 3.05) is 0 Å². The fraction of sp³-hybridized carbons (Fsp3) is 0.500. The van der Waals surface area contributed by atoms with Crippen molar-refractivity contribution in [3.05, 3.63) is 30.1 Å². The van der Waals surface area contributed by atoms with E-state index in [1.54, 1.807) is 6.20 Å². The summed E-state index contributed by atoms with van der Waals surface area (Å²) in [5, 5.41) is 2.32. The van der Waals surface area contributed by atoms with E-state index in [9.17, 15) is 14.4 Å². The van der Waals surface area contributed by atoms with Gasteiger partial charge in [-0.1, -0.05) is 12.5 Å². The summed E-state index contributed by atoms with van der Waals surface area (Å²) in [7, 11) is 0. The van der Waals surface area contributed by atoms with Crippen molar-refractivity contribution in [3.63, 3.8) is 0 Å². The highest BCUT2D eigenvalue weighted by atomic mass is 16.2. The van der Waals surface area contributed by atoms with Gasteiger partial charge in [0.15, 0.2) is 5.92 Å². The lowest BCUT2D eigenvalue weighted by atomic mass is 9.92. The summed E-state index contributed by atoms with van der Waals surface area (Å²) in [4.78, 5) is 46.7. The largest absolute Gasteiger partial charge is 0.331 e. The minimum Gasteiger partial charge on any atom is -0.290 e. The molecule has 1 aliphatic heterocycles. The van der Waals surface area contributed by atoms with E-state index in [-0.39, 0.29) is 6.04 Å². The number of fused-ring (bicyclic) bond motifs is 2. The van der Waals surface area contributed by atoms with Crippen LogP contribution in [-0.4, -0.2) is 40.0 Å². The fourth-order valence-corrected chi connectivity index (χ4v) is 4.32. The van der Waals surface area contributed by atoms with E-state index in [1.807, 2.05) is 18.2 Å².